The highest BCUT2D eigenvalue weighted by Gasteiger charge is 2.16. The molecule has 7 nitrogen and oxygen atoms in total. The number of nitrogen functional groups attached to an aromatic ring is 2. The first-order chi connectivity index (χ1) is 13.7. The molecule has 0 bridgehead atoms. The molecule has 3 rings (SSSR count). The molecule has 0 aliphatic carbocycles. The molecule has 2 aromatic carbocycles. The van der Waals surface area contributed by atoms with Gasteiger partial charge in [-0.25, -0.2) is 22.2 Å². The third kappa shape index (κ3) is 4.54. The van der Waals surface area contributed by atoms with Gasteiger partial charge in [0, 0.05) is 18.2 Å². The summed E-state index contributed by atoms with van der Waals surface area (Å²) in [6.45, 7) is 1.51. The SMILES string of the molecule is CCS(=O)(=O)c1ccc(Oc2cc(N)c(N)cc2Oc2cc(F)ccc2F)cn1. The number of nitrogens with zero attached hydrogens (tertiary/aromatic N) is 1. The first-order valence-corrected chi connectivity index (χ1v) is 10.0. The van der Waals surface area contributed by atoms with Crippen molar-refractivity contribution >= 4 is 21.2 Å². The van der Waals surface area contributed by atoms with Gasteiger partial charge in [-0.3, -0.25) is 0 Å². The molecule has 0 saturated carbocycles. The molecule has 29 heavy (non-hydrogen) atoms. The van der Waals surface area contributed by atoms with Crippen molar-refractivity contribution in [3.8, 4) is 23.0 Å². The molecule has 1 aromatic heterocycles. The summed E-state index contributed by atoms with van der Waals surface area (Å²) in [5.41, 5.74) is 11.9. The van der Waals surface area contributed by atoms with Crippen LogP contribution in [-0.4, -0.2) is 19.2 Å². The number of benzene rings is 2. The largest absolute Gasteiger partial charge is 0.452 e. The molecule has 4 N–H and O–H groups in total. The third-order valence-corrected chi connectivity index (χ3v) is 5.54. The minimum atomic E-state index is -3.46. The Bertz CT molecular complexity index is 1150. The molecular formula is C19H17F2N3O4S. The molecule has 10 heteroatoms. The second-order valence-electron chi connectivity index (χ2n) is 5.94. The summed E-state index contributed by atoms with van der Waals surface area (Å²) in [7, 11) is -3.46. The van der Waals surface area contributed by atoms with Crippen LogP contribution in [0.25, 0.3) is 0 Å². The number of aromatic nitrogens is 1. The fourth-order valence-electron chi connectivity index (χ4n) is 2.31. The second-order valence-corrected chi connectivity index (χ2v) is 8.17. The molecule has 0 atom stereocenters. The lowest BCUT2D eigenvalue weighted by molar-refractivity contribution is 0.398. The predicted molar refractivity (Wildman–Crippen MR) is 104 cm³/mol. The quantitative estimate of drug-likeness (QED) is 0.580. The zero-order valence-corrected chi connectivity index (χ0v) is 16.0. The average Bonchev–Trinajstić information content (AvgIpc) is 2.69. The monoisotopic (exact) mass is 421 g/mol. The molecular weight excluding hydrogens is 404 g/mol. The van der Waals surface area contributed by atoms with Gasteiger partial charge in [0.05, 0.1) is 23.3 Å². The van der Waals surface area contributed by atoms with Crippen molar-refractivity contribution in [2.45, 2.75) is 11.9 Å². The number of ether oxygens (including phenoxy) is 2. The molecule has 0 amide bonds. The Kier molecular flexibility index (Phi) is 5.55. The van der Waals surface area contributed by atoms with Crippen LogP contribution >= 0.6 is 0 Å². The van der Waals surface area contributed by atoms with Crippen LogP contribution in [0.4, 0.5) is 20.2 Å². The van der Waals surface area contributed by atoms with Crippen molar-refractivity contribution < 1.29 is 26.7 Å². The van der Waals surface area contributed by atoms with Gasteiger partial charge >= 0.3 is 0 Å². The van der Waals surface area contributed by atoms with E-state index in [1.165, 1.54) is 37.4 Å². The van der Waals surface area contributed by atoms with Crippen molar-refractivity contribution in [3.63, 3.8) is 0 Å². The Hall–Kier alpha value is -3.40. The topological polar surface area (TPSA) is 118 Å². The van der Waals surface area contributed by atoms with E-state index in [1.54, 1.807) is 0 Å². The molecule has 0 saturated heterocycles. The van der Waals surface area contributed by atoms with Crippen LogP contribution in [0.5, 0.6) is 23.0 Å². The number of anilines is 2. The average molecular weight is 421 g/mol. The lowest BCUT2D eigenvalue weighted by atomic mass is 10.2. The van der Waals surface area contributed by atoms with Gasteiger partial charge in [0.2, 0.25) is 0 Å². The second kappa shape index (κ2) is 7.92. The first-order valence-electron chi connectivity index (χ1n) is 8.38. The summed E-state index contributed by atoms with van der Waals surface area (Å²) in [6, 6.07) is 8.09. The maximum Gasteiger partial charge on any atom is 0.195 e. The maximum atomic E-state index is 13.9. The Labute approximate surface area is 165 Å². The van der Waals surface area contributed by atoms with E-state index < -0.39 is 21.5 Å². The molecule has 1 heterocycles. The number of halogens is 2. The maximum absolute atomic E-state index is 13.9. The van der Waals surface area contributed by atoms with Crippen LogP contribution < -0.4 is 20.9 Å². The van der Waals surface area contributed by atoms with Gasteiger partial charge in [0.25, 0.3) is 0 Å². The minimum Gasteiger partial charge on any atom is -0.452 e. The summed E-state index contributed by atoms with van der Waals surface area (Å²) in [5.74, 6) is -1.74. The molecule has 0 fully saturated rings. The molecule has 0 unspecified atom stereocenters. The van der Waals surface area contributed by atoms with Crippen LogP contribution in [0.3, 0.4) is 0 Å². The molecule has 0 aliphatic heterocycles. The Morgan fingerprint density at radius 3 is 2.17 bits per heavy atom. The summed E-state index contributed by atoms with van der Waals surface area (Å²) in [6.07, 6.45) is 1.21. The van der Waals surface area contributed by atoms with Crippen molar-refractivity contribution in [3.05, 3.63) is 60.3 Å². The van der Waals surface area contributed by atoms with Crippen molar-refractivity contribution in [1.29, 1.82) is 0 Å². The molecule has 0 aliphatic rings. The third-order valence-electron chi connectivity index (χ3n) is 3.90. The van der Waals surface area contributed by atoms with Crippen LogP contribution in [-0.2, 0) is 9.84 Å². The highest BCUT2D eigenvalue weighted by molar-refractivity contribution is 7.91. The zero-order chi connectivity index (χ0) is 21.2. The van der Waals surface area contributed by atoms with E-state index in [9.17, 15) is 17.2 Å². The number of hydrogen-bond acceptors (Lipinski definition) is 7. The number of sulfone groups is 1. The summed E-state index contributed by atoms with van der Waals surface area (Å²) < 4.78 is 62.1. The van der Waals surface area contributed by atoms with Crippen LogP contribution in [0, 0.1) is 11.6 Å². The van der Waals surface area contributed by atoms with Gasteiger partial charge in [-0.05, 0) is 24.3 Å². The highest BCUT2D eigenvalue weighted by atomic mass is 32.2. The number of pyridine rings is 1. The van der Waals surface area contributed by atoms with E-state index in [-0.39, 0.29) is 45.2 Å². The van der Waals surface area contributed by atoms with E-state index in [2.05, 4.69) is 4.98 Å². The van der Waals surface area contributed by atoms with Crippen LogP contribution in [0.15, 0.2) is 53.7 Å². The fraction of sp³-hybridized carbons (Fsp3) is 0.105. The summed E-state index contributed by atoms with van der Waals surface area (Å²) >= 11 is 0. The number of nitrogens with two attached hydrogens (primary N) is 2. The fourth-order valence-corrected chi connectivity index (χ4v) is 3.10. The van der Waals surface area contributed by atoms with E-state index >= 15 is 0 Å². The Morgan fingerprint density at radius 1 is 0.931 bits per heavy atom. The van der Waals surface area contributed by atoms with Gasteiger partial charge in [-0.15, -0.1) is 0 Å². The van der Waals surface area contributed by atoms with E-state index in [1.807, 2.05) is 0 Å². The molecule has 0 radical (unpaired) electrons. The normalized spacial score (nSPS) is 11.3. The van der Waals surface area contributed by atoms with Crippen LogP contribution in [0.1, 0.15) is 6.92 Å². The Balaban J connectivity index is 1.95. The smallest absolute Gasteiger partial charge is 0.195 e. The van der Waals surface area contributed by atoms with E-state index in [4.69, 9.17) is 20.9 Å². The van der Waals surface area contributed by atoms with Crippen molar-refractivity contribution in [2.24, 2.45) is 0 Å². The van der Waals surface area contributed by atoms with Crippen LogP contribution in [0.2, 0.25) is 0 Å². The lowest BCUT2D eigenvalue weighted by Crippen LogP contribution is -2.05. The molecule has 0 spiro atoms. The lowest BCUT2D eigenvalue weighted by Gasteiger charge is -2.15. The summed E-state index contributed by atoms with van der Waals surface area (Å²) in [5, 5.41) is -0.0949. The van der Waals surface area contributed by atoms with E-state index in [0.717, 1.165) is 18.2 Å². The van der Waals surface area contributed by atoms with Gasteiger partial charge in [-0.1, -0.05) is 6.92 Å². The summed E-state index contributed by atoms with van der Waals surface area (Å²) in [4.78, 5) is 3.88. The number of rotatable bonds is 6. The standard InChI is InChI=1S/C19H17F2N3O4S/c1-2-29(25,26)19-6-4-12(10-24-19)27-17-8-14(22)15(23)9-18(17)28-16-7-11(20)3-5-13(16)21/h3-10H,2,22-23H2,1H3. The van der Waals surface area contributed by atoms with Gasteiger partial charge in [0.1, 0.15) is 11.6 Å². The Morgan fingerprint density at radius 2 is 1.59 bits per heavy atom. The van der Waals surface area contributed by atoms with Gasteiger partial charge < -0.3 is 20.9 Å². The van der Waals surface area contributed by atoms with Crippen molar-refractivity contribution in [2.75, 3.05) is 17.2 Å². The zero-order valence-electron chi connectivity index (χ0n) is 15.2. The van der Waals surface area contributed by atoms with Gasteiger partial charge in [0.15, 0.2) is 37.9 Å². The molecule has 152 valence electrons. The minimum absolute atomic E-state index is 0.0218. The number of hydrogen-bond donors (Lipinski definition) is 2. The van der Waals surface area contributed by atoms with Gasteiger partial charge in [-0.2, -0.15) is 0 Å². The predicted octanol–water partition coefficient (Wildman–Crippen LogP) is 3.90. The first kappa shape index (κ1) is 20.3. The highest BCUT2D eigenvalue weighted by Crippen LogP contribution is 2.39. The molecule has 3 aromatic rings. The van der Waals surface area contributed by atoms with Crippen molar-refractivity contribution in [1.82, 2.24) is 4.98 Å². The van der Waals surface area contributed by atoms with E-state index in [0.29, 0.717) is 0 Å².